The molecular weight excluding hydrogens is 407 g/mol. The van der Waals surface area contributed by atoms with Gasteiger partial charge in [0.1, 0.15) is 0 Å². The van der Waals surface area contributed by atoms with Crippen LogP contribution in [0.4, 0.5) is 0 Å². The first-order chi connectivity index (χ1) is 10.3. The van der Waals surface area contributed by atoms with Crippen molar-refractivity contribution >= 4 is 41.7 Å². The highest BCUT2D eigenvalue weighted by Gasteiger charge is 2.39. The van der Waals surface area contributed by atoms with Gasteiger partial charge in [-0.05, 0) is 32.1 Å². The average molecular weight is 438 g/mol. The molecule has 0 bridgehead atoms. The van der Waals surface area contributed by atoms with Gasteiger partial charge in [0.15, 0.2) is 5.96 Å². The number of aliphatic imine (C=N–C) groups is 1. The first-order valence-corrected chi connectivity index (χ1v) is 9.83. The number of rotatable bonds is 3. The van der Waals surface area contributed by atoms with Gasteiger partial charge in [-0.3, -0.25) is 9.89 Å². The average Bonchev–Trinajstić information content (AvgIpc) is 3.04. The van der Waals surface area contributed by atoms with Crippen LogP contribution in [0.1, 0.15) is 44.9 Å². The lowest BCUT2D eigenvalue weighted by atomic mass is 9.95. The lowest BCUT2D eigenvalue weighted by Crippen LogP contribution is -2.53. The Bertz CT molecular complexity index is 359. The third kappa shape index (κ3) is 4.44. The van der Waals surface area contributed by atoms with Gasteiger partial charge >= 0.3 is 0 Å². The van der Waals surface area contributed by atoms with Crippen molar-refractivity contribution in [3.05, 3.63) is 0 Å². The minimum atomic E-state index is 0. The zero-order valence-electron chi connectivity index (χ0n) is 13.6. The number of piperidine rings is 1. The van der Waals surface area contributed by atoms with Crippen LogP contribution in [-0.4, -0.2) is 65.5 Å². The van der Waals surface area contributed by atoms with Crippen LogP contribution in [0.2, 0.25) is 0 Å². The maximum Gasteiger partial charge on any atom is 0.191 e. The Hall–Kier alpha value is 0.310. The number of guanidine groups is 1. The fourth-order valence-corrected chi connectivity index (χ4v) is 5.00. The maximum atomic E-state index is 6.27. The zero-order valence-corrected chi connectivity index (χ0v) is 16.8. The van der Waals surface area contributed by atoms with Gasteiger partial charge in [-0.2, -0.15) is 11.8 Å². The summed E-state index contributed by atoms with van der Waals surface area (Å²) in [6.45, 7) is 5.60. The molecule has 6 heteroatoms. The fraction of sp³-hybridized carbons (Fsp3) is 0.938. The van der Waals surface area contributed by atoms with Gasteiger partial charge in [-0.25, -0.2) is 0 Å². The maximum absolute atomic E-state index is 6.27. The number of nitrogens with zero attached hydrogens (tertiary/aromatic N) is 3. The molecule has 0 radical (unpaired) electrons. The first-order valence-electron chi connectivity index (χ1n) is 8.68. The molecule has 0 unspecified atom stereocenters. The van der Waals surface area contributed by atoms with Gasteiger partial charge in [-0.15, -0.1) is 24.0 Å². The summed E-state index contributed by atoms with van der Waals surface area (Å²) in [4.78, 5) is 9.86. The molecule has 0 aromatic rings. The van der Waals surface area contributed by atoms with Crippen molar-refractivity contribution in [3.63, 3.8) is 0 Å². The molecule has 0 spiro atoms. The quantitative estimate of drug-likeness (QED) is 0.418. The number of hydrogen-bond acceptors (Lipinski definition) is 3. The van der Waals surface area contributed by atoms with E-state index in [4.69, 9.17) is 10.7 Å². The number of nitrogens with two attached hydrogens (primary N) is 1. The molecule has 1 saturated carbocycles. The van der Waals surface area contributed by atoms with Gasteiger partial charge in [0.05, 0.1) is 6.54 Å². The minimum absolute atomic E-state index is 0. The Morgan fingerprint density at radius 1 is 0.955 bits per heavy atom. The standard InChI is InChI=1S/C16H30N4S.HI/c17-15(19-8-4-1-5-9-19)18-14-16(6-2-3-7-16)20-10-12-21-13-11-20;/h1-14H2,(H2,17,18);1H. The molecule has 3 aliphatic rings. The molecule has 0 atom stereocenters. The molecule has 1 aliphatic carbocycles. The van der Waals surface area contributed by atoms with Gasteiger partial charge in [0, 0.05) is 43.2 Å². The normalized spacial score (nSPS) is 26.7. The smallest absolute Gasteiger partial charge is 0.191 e. The van der Waals surface area contributed by atoms with Crippen molar-refractivity contribution in [2.24, 2.45) is 10.7 Å². The summed E-state index contributed by atoms with van der Waals surface area (Å²) >= 11 is 2.09. The van der Waals surface area contributed by atoms with Crippen LogP contribution in [-0.2, 0) is 0 Å². The molecule has 128 valence electrons. The van der Waals surface area contributed by atoms with Crippen molar-refractivity contribution in [1.29, 1.82) is 0 Å². The summed E-state index contributed by atoms with van der Waals surface area (Å²) in [5.74, 6) is 3.37. The Kier molecular flexibility index (Phi) is 7.60. The monoisotopic (exact) mass is 438 g/mol. The van der Waals surface area contributed by atoms with Crippen molar-refractivity contribution in [2.75, 3.05) is 44.2 Å². The van der Waals surface area contributed by atoms with Crippen LogP contribution in [0.15, 0.2) is 4.99 Å². The van der Waals surface area contributed by atoms with Gasteiger partial charge in [0.2, 0.25) is 0 Å². The summed E-state index contributed by atoms with van der Waals surface area (Å²) < 4.78 is 0. The molecule has 0 amide bonds. The Labute approximate surface area is 156 Å². The highest BCUT2D eigenvalue weighted by Crippen LogP contribution is 2.37. The molecule has 2 aliphatic heterocycles. The van der Waals surface area contributed by atoms with Crippen LogP contribution in [0.25, 0.3) is 0 Å². The highest BCUT2D eigenvalue weighted by atomic mass is 127. The molecule has 3 fully saturated rings. The fourth-order valence-electron chi connectivity index (χ4n) is 4.10. The third-order valence-electron chi connectivity index (χ3n) is 5.43. The van der Waals surface area contributed by atoms with E-state index in [0.29, 0.717) is 5.54 Å². The molecule has 0 aromatic carbocycles. The lowest BCUT2D eigenvalue weighted by molar-refractivity contribution is 0.112. The lowest BCUT2D eigenvalue weighted by Gasteiger charge is -2.42. The Morgan fingerprint density at radius 3 is 2.23 bits per heavy atom. The van der Waals surface area contributed by atoms with Crippen LogP contribution < -0.4 is 5.73 Å². The van der Waals surface area contributed by atoms with E-state index >= 15 is 0 Å². The van der Waals surface area contributed by atoms with Crippen molar-refractivity contribution < 1.29 is 0 Å². The molecule has 22 heavy (non-hydrogen) atoms. The molecular formula is C16H31IN4S. The van der Waals surface area contributed by atoms with Crippen LogP contribution in [0.5, 0.6) is 0 Å². The molecule has 4 nitrogen and oxygen atoms in total. The molecule has 2 N–H and O–H groups in total. The van der Waals surface area contributed by atoms with Crippen LogP contribution in [0, 0.1) is 0 Å². The minimum Gasteiger partial charge on any atom is -0.370 e. The summed E-state index contributed by atoms with van der Waals surface area (Å²) in [5.41, 5.74) is 6.59. The van der Waals surface area contributed by atoms with E-state index in [2.05, 4.69) is 21.6 Å². The largest absolute Gasteiger partial charge is 0.370 e. The van der Waals surface area contributed by atoms with Gasteiger partial charge in [-0.1, -0.05) is 12.8 Å². The zero-order chi connectivity index (χ0) is 14.5. The second kappa shape index (κ2) is 8.97. The Morgan fingerprint density at radius 2 is 1.59 bits per heavy atom. The first kappa shape index (κ1) is 18.6. The molecule has 2 saturated heterocycles. The van der Waals surface area contributed by atoms with E-state index in [1.807, 2.05) is 0 Å². The van der Waals surface area contributed by atoms with Crippen molar-refractivity contribution in [3.8, 4) is 0 Å². The summed E-state index contributed by atoms with van der Waals surface area (Å²) in [6, 6.07) is 0. The highest BCUT2D eigenvalue weighted by molar-refractivity contribution is 14.0. The van der Waals surface area contributed by atoms with Crippen molar-refractivity contribution in [1.82, 2.24) is 9.80 Å². The third-order valence-corrected chi connectivity index (χ3v) is 6.37. The molecule has 2 heterocycles. The summed E-state index contributed by atoms with van der Waals surface area (Å²) in [7, 11) is 0. The van der Waals surface area contributed by atoms with E-state index < -0.39 is 0 Å². The van der Waals surface area contributed by atoms with E-state index in [0.717, 1.165) is 25.6 Å². The number of hydrogen-bond donors (Lipinski definition) is 1. The van der Waals surface area contributed by atoms with Crippen molar-refractivity contribution in [2.45, 2.75) is 50.5 Å². The SMILES string of the molecule is I.NC(=NCC1(N2CCSCC2)CCCC1)N1CCCCC1. The van der Waals surface area contributed by atoms with Crippen LogP contribution >= 0.6 is 35.7 Å². The number of likely N-dealkylation sites (tertiary alicyclic amines) is 1. The molecule has 0 aromatic heterocycles. The number of halogens is 1. The van der Waals surface area contributed by atoms with E-state index in [9.17, 15) is 0 Å². The Balaban J connectivity index is 0.00000176. The van der Waals surface area contributed by atoms with Gasteiger partial charge < -0.3 is 10.6 Å². The predicted octanol–water partition coefficient (Wildman–Crippen LogP) is 2.77. The van der Waals surface area contributed by atoms with E-state index in [1.54, 1.807) is 0 Å². The summed E-state index contributed by atoms with van der Waals surface area (Å²) in [5, 5.41) is 0. The topological polar surface area (TPSA) is 44.9 Å². The second-order valence-corrected chi connectivity index (χ2v) is 7.98. The number of thioether (sulfide) groups is 1. The van der Waals surface area contributed by atoms with Gasteiger partial charge in [0.25, 0.3) is 0 Å². The molecule has 3 rings (SSSR count). The van der Waals surface area contributed by atoms with Crippen LogP contribution in [0.3, 0.4) is 0 Å². The van der Waals surface area contributed by atoms with E-state index in [-0.39, 0.29) is 24.0 Å². The second-order valence-electron chi connectivity index (χ2n) is 6.75. The predicted molar refractivity (Wildman–Crippen MR) is 107 cm³/mol. The van der Waals surface area contributed by atoms with E-state index in [1.165, 1.54) is 69.5 Å². The summed E-state index contributed by atoms with van der Waals surface area (Å²) in [6.07, 6.45) is 9.24.